The van der Waals surface area contributed by atoms with Gasteiger partial charge in [0.15, 0.2) is 0 Å². The summed E-state index contributed by atoms with van der Waals surface area (Å²) >= 11 is 0. The predicted octanol–water partition coefficient (Wildman–Crippen LogP) is 3.82. The third kappa shape index (κ3) is 3.60. The Balaban J connectivity index is 1.56. The van der Waals surface area contributed by atoms with Gasteiger partial charge in [0.25, 0.3) is 5.91 Å². The maximum Gasteiger partial charge on any atom is 0.274 e. The Morgan fingerprint density at radius 3 is 2.74 bits per heavy atom. The van der Waals surface area contributed by atoms with Gasteiger partial charge in [-0.3, -0.25) is 4.79 Å². The van der Waals surface area contributed by atoms with E-state index in [0.717, 1.165) is 36.6 Å². The van der Waals surface area contributed by atoms with E-state index in [0.29, 0.717) is 11.4 Å². The number of methoxy groups -OCH3 is 1. The molecule has 6 heteroatoms. The molecule has 0 atom stereocenters. The highest BCUT2D eigenvalue weighted by Gasteiger charge is 2.20. The van der Waals surface area contributed by atoms with Crippen molar-refractivity contribution in [3.63, 3.8) is 0 Å². The van der Waals surface area contributed by atoms with Crippen LogP contribution >= 0.6 is 0 Å². The molecular weight excluding hydrogens is 340 g/mol. The largest absolute Gasteiger partial charge is 0.497 e. The van der Waals surface area contributed by atoms with Crippen molar-refractivity contribution in [1.29, 1.82) is 0 Å². The van der Waals surface area contributed by atoms with E-state index in [1.807, 2.05) is 6.07 Å². The fourth-order valence-corrected chi connectivity index (χ4v) is 3.26. The first kappa shape index (κ1) is 17.0. The molecule has 3 aromatic rings. The number of carbonyl (C=O) groups is 1. The zero-order chi connectivity index (χ0) is 18.6. The van der Waals surface area contributed by atoms with Crippen LogP contribution in [0.1, 0.15) is 22.5 Å². The number of carbonyl (C=O) groups excluding carboxylic acids is 1. The molecule has 4 rings (SSSR count). The maximum atomic E-state index is 12.6. The van der Waals surface area contributed by atoms with E-state index in [9.17, 15) is 4.79 Å². The highest BCUT2D eigenvalue weighted by Crippen LogP contribution is 2.32. The first-order valence-corrected chi connectivity index (χ1v) is 8.87. The van der Waals surface area contributed by atoms with Crippen LogP contribution in [0.3, 0.4) is 0 Å². The van der Waals surface area contributed by atoms with Gasteiger partial charge in [-0.2, -0.15) is 0 Å². The third-order valence-electron chi connectivity index (χ3n) is 4.62. The van der Waals surface area contributed by atoms with Crippen LogP contribution in [-0.4, -0.2) is 29.5 Å². The molecule has 0 unspecified atom stereocenters. The highest BCUT2D eigenvalue weighted by molar-refractivity contribution is 6.03. The summed E-state index contributed by atoms with van der Waals surface area (Å²) in [4.78, 5) is 23.3. The standard InChI is InChI=1S/C21H20N4O2/c1-27-17-10-8-16(9-11-17)24-21(26)18-13-20(23-14-22-18)25-12-4-6-15-5-2-3-7-19(15)25/h2-3,5,7-11,13-14H,4,6,12H2,1H3,(H,24,26). The van der Waals surface area contributed by atoms with E-state index in [-0.39, 0.29) is 5.91 Å². The molecule has 6 nitrogen and oxygen atoms in total. The van der Waals surface area contributed by atoms with Crippen molar-refractivity contribution < 1.29 is 9.53 Å². The Bertz CT molecular complexity index is 956. The molecule has 0 saturated carbocycles. The van der Waals surface area contributed by atoms with Crippen molar-refractivity contribution in [2.75, 3.05) is 23.9 Å². The Morgan fingerprint density at radius 1 is 1.11 bits per heavy atom. The van der Waals surface area contributed by atoms with Crippen molar-refractivity contribution in [3.8, 4) is 5.75 Å². The minimum absolute atomic E-state index is 0.269. The van der Waals surface area contributed by atoms with Gasteiger partial charge in [-0.15, -0.1) is 0 Å². The monoisotopic (exact) mass is 360 g/mol. The SMILES string of the molecule is COc1ccc(NC(=O)c2cc(N3CCCc4ccccc43)ncn2)cc1. The number of aryl methyl sites for hydroxylation is 1. The molecule has 0 spiro atoms. The molecule has 1 aliphatic heterocycles. The van der Waals surface area contributed by atoms with Gasteiger partial charge in [0.05, 0.1) is 7.11 Å². The molecule has 2 aromatic carbocycles. The van der Waals surface area contributed by atoms with Gasteiger partial charge in [0.1, 0.15) is 23.6 Å². The Labute approximate surface area is 157 Å². The van der Waals surface area contributed by atoms with Crippen molar-refractivity contribution in [3.05, 3.63) is 72.2 Å². The van der Waals surface area contributed by atoms with E-state index >= 15 is 0 Å². The normalized spacial score (nSPS) is 13.0. The van der Waals surface area contributed by atoms with Crippen LogP contribution in [0.2, 0.25) is 0 Å². The number of nitrogens with one attached hydrogen (secondary N) is 1. The first-order chi connectivity index (χ1) is 13.2. The molecule has 1 aromatic heterocycles. The number of rotatable bonds is 4. The number of ether oxygens (including phenoxy) is 1. The molecule has 27 heavy (non-hydrogen) atoms. The third-order valence-corrected chi connectivity index (χ3v) is 4.62. The van der Waals surface area contributed by atoms with E-state index in [1.54, 1.807) is 37.4 Å². The first-order valence-electron chi connectivity index (χ1n) is 8.87. The van der Waals surface area contributed by atoms with Gasteiger partial charge in [0.2, 0.25) is 0 Å². The molecule has 0 aliphatic carbocycles. The van der Waals surface area contributed by atoms with E-state index in [1.165, 1.54) is 11.9 Å². The zero-order valence-corrected chi connectivity index (χ0v) is 15.1. The number of aromatic nitrogens is 2. The van der Waals surface area contributed by atoms with E-state index in [2.05, 4.69) is 38.4 Å². The van der Waals surface area contributed by atoms with Crippen molar-refractivity contribution in [1.82, 2.24) is 9.97 Å². The summed E-state index contributed by atoms with van der Waals surface area (Å²) in [5.41, 5.74) is 3.46. The van der Waals surface area contributed by atoms with Crippen LogP contribution in [0.4, 0.5) is 17.2 Å². The number of benzene rings is 2. The summed E-state index contributed by atoms with van der Waals surface area (Å²) in [6, 6.07) is 17.2. The summed E-state index contributed by atoms with van der Waals surface area (Å²) in [5.74, 6) is 1.20. The topological polar surface area (TPSA) is 67.3 Å². The maximum absolute atomic E-state index is 12.6. The van der Waals surface area contributed by atoms with Crippen LogP contribution in [0.5, 0.6) is 5.75 Å². The predicted molar refractivity (Wildman–Crippen MR) is 105 cm³/mol. The quantitative estimate of drug-likeness (QED) is 0.766. The van der Waals surface area contributed by atoms with E-state index in [4.69, 9.17) is 4.74 Å². The lowest BCUT2D eigenvalue weighted by atomic mass is 10.0. The summed E-state index contributed by atoms with van der Waals surface area (Å²) in [7, 11) is 1.61. The molecule has 2 heterocycles. The second-order valence-corrected chi connectivity index (χ2v) is 6.33. The van der Waals surface area contributed by atoms with E-state index < -0.39 is 0 Å². The van der Waals surface area contributed by atoms with Gasteiger partial charge in [-0.25, -0.2) is 9.97 Å². The highest BCUT2D eigenvalue weighted by atomic mass is 16.5. The van der Waals surface area contributed by atoms with Crippen molar-refractivity contribution in [2.45, 2.75) is 12.8 Å². The fraction of sp³-hybridized carbons (Fsp3) is 0.190. The van der Waals surface area contributed by atoms with Crippen LogP contribution in [-0.2, 0) is 6.42 Å². The average Bonchev–Trinajstić information content (AvgIpc) is 2.74. The summed E-state index contributed by atoms with van der Waals surface area (Å²) in [6.07, 6.45) is 3.55. The minimum atomic E-state index is -0.269. The summed E-state index contributed by atoms with van der Waals surface area (Å²) in [5, 5.41) is 2.86. The van der Waals surface area contributed by atoms with Crippen LogP contribution in [0, 0.1) is 0 Å². The number of anilines is 3. The lowest BCUT2D eigenvalue weighted by Gasteiger charge is -2.30. The zero-order valence-electron chi connectivity index (χ0n) is 15.1. The van der Waals surface area contributed by atoms with Crippen molar-refractivity contribution in [2.24, 2.45) is 0 Å². The number of fused-ring (bicyclic) bond motifs is 1. The Morgan fingerprint density at radius 2 is 1.93 bits per heavy atom. The molecule has 0 bridgehead atoms. The van der Waals surface area contributed by atoms with Gasteiger partial charge < -0.3 is 15.0 Å². The molecule has 1 aliphatic rings. The average molecular weight is 360 g/mol. The summed E-state index contributed by atoms with van der Waals surface area (Å²) in [6.45, 7) is 0.869. The van der Waals surface area contributed by atoms with Gasteiger partial charge in [-0.1, -0.05) is 18.2 Å². The van der Waals surface area contributed by atoms with Gasteiger partial charge >= 0.3 is 0 Å². The van der Waals surface area contributed by atoms with Crippen LogP contribution in [0.15, 0.2) is 60.9 Å². The smallest absolute Gasteiger partial charge is 0.274 e. The second-order valence-electron chi connectivity index (χ2n) is 6.33. The minimum Gasteiger partial charge on any atom is -0.497 e. The number of para-hydroxylation sites is 1. The molecular formula is C21H20N4O2. The van der Waals surface area contributed by atoms with Crippen LogP contribution in [0.25, 0.3) is 0 Å². The van der Waals surface area contributed by atoms with Crippen molar-refractivity contribution >= 4 is 23.1 Å². The summed E-state index contributed by atoms with van der Waals surface area (Å²) < 4.78 is 5.13. The number of hydrogen-bond donors (Lipinski definition) is 1. The molecule has 1 N–H and O–H groups in total. The number of nitrogens with zero attached hydrogens (tertiary/aromatic N) is 3. The number of amides is 1. The molecule has 0 saturated heterocycles. The second kappa shape index (κ2) is 7.45. The number of hydrogen-bond acceptors (Lipinski definition) is 5. The Hall–Kier alpha value is -3.41. The lowest BCUT2D eigenvalue weighted by Crippen LogP contribution is -2.26. The fourth-order valence-electron chi connectivity index (χ4n) is 3.26. The van der Waals surface area contributed by atoms with Crippen LogP contribution < -0.4 is 15.0 Å². The molecule has 136 valence electrons. The molecule has 0 fully saturated rings. The van der Waals surface area contributed by atoms with Gasteiger partial charge in [-0.05, 0) is 48.7 Å². The van der Waals surface area contributed by atoms with Gasteiger partial charge in [0, 0.05) is 24.0 Å². The Kier molecular flexibility index (Phi) is 4.70. The molecule has 0 radical (unpaired) electrons. The lowest BCUT2D eigenvalue weighted by molar-refractivity contribution is 0.102. The molecule has 1 amide bonds.